The number of thioether (sulfide) groups is 1. The van der Waals surface area contributed by atoms with Crippen LogP contribution >= 0.6 is 11.8 Å². The van der Waals surface area contributed by atoms with Crippen LogP contribution in [0.15, 0.2) is 48.8 Å². The maximum atomic E-state index is 12.3. The highest BCUT2D eigenvalue weighted by Gasteiger charge is 2.16. The molecular formula is C18H20N2O2S. The third-order valence-corrected chi connectivity index (χ3v) is 4.47. The first-order valence-corrected chi connectivity index (χ1v) is 8.43. The molecule has 23 heavy (non-hydrogen) atoms. The van der Waals surface area contributed by atoms with Crippen molar-refractivity contribution in [3.8, 4) is 0 Å². The summed E-state index contributed by atoms with van der Waals surface area (Å²) in [4.78, 5) is 27.5. The molecule has 4 nitrogen and oxygen atoms in total. The average Bonchev–Trinajstić information content (AvgIpc) is 2.55. The summed E-state index contributed by atoms with van der Waals surface area (Å²) in [6.07, 6.45) is 3.88. The lowest BCUT2D eigenvalue weighted by Gasteiger charge is -2.19. The number of aromatic nitrogens is 1. The van der Waals surface area contributed by atoms with Crippen molar-refractivity contribution in [2.24, 2.45) is 0 Å². The van der Waals surface area contributed by atoms with Crippen LogP contribution in [0.5, 0.6) is 0 Å². The number of nitrogens with zero attached hydrogens (tertiary/aromatic N) is 1. The van der Waals surface area contributed by atoms with E-state index in [1.165, 1.54) is 22.9 Å². The number of hydrogen-bond acceptors (Lipinski definition) is 4. The number of carbonyl (C=O) groups excluding carboxylic acids is 2. The number of nitrogens with one attached hydrogen (secondary N) is 1. The van der Waals surface area contributed by atoms with Crippen molar-refractivity contribution in [3.05, 3.63) is 65.5 Å². The SMILES string of the molecule is CC(=O)SCC(Cc1ccccc1C)NC(=O)c1ccncc1. The zero-order valence-corrected chi connectivity index (χ0v) is 14.1. The molecule has 1 atom stereocenters. The molecule has 5 heteroatoms. The standard InChI is InChI=1S/C18H20N2O2S/c1-13-5-3-4-6-16(13)11-17(12-23-14(2)21)20-18(22)15-7-9-19-10-8-15/h3-10,17H,11-12H2,1-2H3,(H,20,22). The number of benzene rings is 1. The lowest BCUT2D eigenvalue weighted by molar-refractivity contribution is -0.109. The van der Waals surface area contributed by atoms with E-state index in [2.05, 4.69) is 29.4 Å². The van der Waals surface area contributed by atoms with Crippen molar-refractivity contribution in [2.75, 3.05) is 5.75 Å². The van der Waals surface area contributed by atoms with Crippen LogP contribution in [0, 0.1) is 6.92 Å². The summed E-state index contributed by atoms with van der Waals surface area (Å²) < 4.78 is 0. The smallest absolute Gasteiger partial charge is 0.251 e. The molecule has 0 saturated heterocycles. The van der Waals surface area contributed by atoms with Gasteiger partial charge in [0.15, 0.2) is 5.12 Å². The summed E-state index contributed by atoms with van der Waals surface area (Å²) in [6, 6.07) is 11.3. The minimum atomic E-state index is -0.143. The second-order valence-electron chi connectivity index (χ2n) is 5.34. The molecule has 1 N–H and O–H groups in total. The van der Waals surface area contributed by atoms with Crippen LogP contribution in [0.3, 0.4) is 0 Å². The lowest BCUT2D eigenvalue weighted by atomic mass is 10.0. The zero-order valence-electron chi connectivity index (χ0n) is 13.3. The highest BCUT2D eigenvalue weighted by atomic mass is 32.2. The van der Waals surface area contributed by atoms with Gasteiger partial charge in [0.2, 0.25) is 0 Å². The van der Waals surface area contributed by atoms with Gasteiger partial charge in [-0.1, -0.05) is 36.0 Å². The average molecular weight is 328 g/mol. The van der Waals surface area contributed by atoms with Gasteiger partial charge in [-0.15, -0.1) is 0 Å². The fourth-order valence-electron chi connectivity index (χ4n) is 2.25. The Morgan fingerprint density at radius 2 is 1.87 bits per heavy atom. The predicted octanol–water partition coefficient (Wildman–Crippen LogP) is 3.01. The molecule has 0 radical (unpaired) electrons. The van der Waals surface area contributed by atoms with Crippen LogP contribution in [0.1, 0.15) is 28.4 Å². The molecule has 1 unspecified atom stereocenters. The van der Waals surface area contributed by atoms with E-state index in [0.717, 1.165) is 0 Å². The molecule has 0 aliphatic heterocycles. The van der Waals surface area contributed by atoms with Gasteiger partial charge in [-0.25, -0.2) is 0 Å². The topological polar surface area (TPSA) is 59.1 Å². The quantitative estimate of drug-likeness (QED) is 0.885. The normalized spacial score (nSPS) is 11.7. The molecule has 0 fully saturated rings. The molecular weight excluding hydrogens is 308 g/mol. The van der Waals surface area contributed by atoms with Crippen LogP contribution in [-0.4, -0.2) is 27.8 Å². The first-order chi connectivity index (χ1) is 11.1. The maximum absolute atomic E-state index is 12.3. The lowest BCUT2D eigenvalue weighted by Crippen LogP contribution is -2.38. The summed E-state index contributed by atoms with van der Waals surface area (Å²) in [5.74, 6) is 0.413. The monoisotopic (exact) mass is 328 g/mol. The van der Waals surface area contributed by atoms with Crippen LogP contribution in [0.2, 0.25) is 0 Å². The van der Waals surface area contributed by atoms with Crippen molar-refractivity contribution >= 4 is 22.8 Å². The van der Waals surface area contributed by atoms with Gasteiger partial charge >= 0.3 is 0 Å². The van der Waals surface area contributed by atoms with Crippen molar-refractivity contribution in [1.29, 1.82) is 0 Å². The predicted molar refractivity (Wildman–Crippen MR) is 93.5 cm³/mol. The third-order valence-electron chi connectivity index (χ3n) is 3.49. The van der Waals surface area contributed by atoms with E-state index in [9.17, 15) is 9.59 Å². The first kappa shape index (κ1) is 17.2. The molecule has 1 heterocycles. The molecule has 0 aliphatic rings. The fraction of sp³-hybridized carbons (Fsp3) is 0.278. The van der Waals surface area contributed by atoms with Gasteiger partial charge in [0.25, 0.3) is 5.91 Å². The highest BCUT2D eigenvalue weighted by molar-refractivity contribution is 8.13. The van der Waals surface area contributed by atoms with E-state index in [0.29, 0.717) is 17.7 Å². The zero-order chi connectivity index (χ0) is 16.7. The summed E-state index contributed by atoms with van der Waals surface area (Å²) in [7, 11) is 0. The molecule has 1 aromatic heterocycles. The van der Waals surface area contributed by atoms with Crippen LogP contribution in [0.4, 0.5) is 0 Å². The largest absolute Gasteiger partial charge is 0.348 e. The highest BCUT2D eigenvalue weighted by Crippen LogP contribution is 2.14. The Morgan fingerprint density at radius 3 is 2.52 bits per heavy atom. The molecule has 0 aliphatic carbocycles. The molecule has 0 saturated carbocycles. The molecule has 120 valence electrons. The number of rotatable bonds is 6. The van der Waals surface area contributed by atoms with E-state index in [4.69, 9.17) is 0 Å². The summed E-state index contributed by atoms with van der Waals surface area (Å²) in [5, 5.41) is 3.08. The molecule has 0 bridgehead atoms. The number of aryl methyl sites for hydroxylation is 1. The van der Waals surface area contributed by atoms with Gasteiger partial charge in [0, 0.05) is 36.7 Å². The first-order valence-electron chi connectivity index (χ1n) is 7.45. The third kappa shape index (κ3) is 5.53. The van der Waals surface area contributed by atoms with Crippen LogP contribution < -0.4 is 5.32 Å². The van der Waals surface area contributed by atoms with Crippen molar-refractivity contribution < 1.29 is 9.59 Å². The number of hydrogen-bond donors (Lipinski definition) is 1. The minimum Gasteiger partial charge on any atom is -0.348 e. The number of pyridine rings is 1. The second kappa shape index (κ2) is 8.48. The summed E-state index contributed by atoms with van der Waals surface area (Å²) >= 11 is 1.24. The Labute approximate surface area is 140 Å². The summed E-state index contributed by atoms with van der Waals surface area (Å²) in [5.41, 5.74) is 2.93. The van der Waals surface area contributed by atoms with Gasteiger partial charge in [-0.2, -0.15) is 0 Å². The molecule has 2 aromatic rings. The van der Waals surface area contributed by atoms with Gasteiger partial charge in [0.1, 0.15) is 0 Å². The second-order valence-corrected chi connectivity index (χ2v) is 6.54. The van der Waals surface area contributed by atoms with E-state index in [-0.39, 0.29) is 17.1 Å². The van der Waals surface area contributed by atoms with Crippen LogP contribution in [-0.2, 0) is 11.2 Å². The molecule has 1 aromatic carbocycles. The van der Waals surface area contributed by atoms with E-state index >= 15 is 0 Å². The molecule has 2 rings (SSSR count). The maximum Gasteiger partial charge on any atom is 0.251 e. The minimum absolute atomic E-state index is 0.0537. The Bertz CT molecular complexity index is 674. The van der Waals surface area contributed by atoms with E-state index in [1.54, 1.807) is 31.5 Å². The Hall–Kier alpha value is -2.14. The van der Waals surface area contributed by atoms with Crippen molar-refractivity contribution in [1.82, 2.24) is 10.3 Å². The van der Waals surface area contributed by atoms with Crippen molar-refractivity contribution in [3.63, 3.8) is 0 Å². The molecule has 1 amide bonds. The van der Waals surface area contributed by atoms with Gasteiger partial charge < -0.3 is 5.32 Å². The number of carbonyl (C=O) groups is 2. The van der Waals surface area contributed by atoms with Crippen LogP contribution in [0.25, 0.3) is 0 Å². The van der Waals surface area contributed by atoms with Gasteiger partial charge in [-0.05, 0) is 36.6 Å². The van der Waals surface area contributed by atoms with Crippen molar-refractivity contribution in [2.45, 2.75) is 26.3 Å². The number of amides is 1. The van der Waals surface area contributed by atoms with Gasteiger partial charge in [-0.3, -0.25) is 14.6 Å². The van der Waals surface area contributed by atoms with E-state index < -0.39 is 0 Å². The molecule has 0 spiro atoms. The Balaban J connectivity index is 2.09. The fourth-order valence-corrected chi connectivity index (χ4v) is 2.88. The summed E-state index contributed by atoms with van der Waals surface area (Å²) in [6.45, 7) is 3.59. The van der Waals surface area contributed by atoms with Gasteiger partial charge in [0.05, 0.1) is 0 Å². The van der Waals surface area contributed by atoms with E-state index in [1.807, 2.05) is 12.1 Å². The Morgan fingerprint density at radius 1 is 1.17 bits per heavy atom. The Kier molecular flexibility index (Phi) is 6.35.